The summed E-state index contributed by atoms with van der Waals surface area (Å²) in [6, 6.07) is 10.3. The molecule has 0 fully saturated rings. The normalized spacial score (nSPS) is 12.7. The third-order valence-corrected chi connectivity index (χ3v) is 3.83. The number of hydrogen-bond donors (Lipinski definition) is 1. The van der Waals surface area contributed by atoms with Gasteiger partial charge in [-0.15, -0.1) is 0 Å². The first-order valence-corrected chi connectivity index (χ1v) is 8.33. The van der Waals surface area contributed by atoms with Gasteiger partial charge in [0.15, 0.2) is 18.1 Å². The summed E-state index contributed by atoms with van der Waals surface area (Å²) in [5, 5.41) is 4.65. The van der Waals surface area contributed by atoms with E-state index in [1.165, 1.54) is 12.3 Å². The monoisotopic (exact) mass is 392 g/mol. The lowest BCUT2D eigenvalue weighted by atomic mass is 10.2. The Kier molecular flexibility index (Phi) is 5.99. The lowest BCUT2D eigenvalue weighted by molar-refractivity contribution is -0.123. The maximum atomic E-state index is 11.7. The molecule has 1 N–H and O–H groups in total. The van der Waals surface area contributed by atoms with Crippen LogP contribution in [0, 0.1) is 0 Å². The van der Waals surface area contributed by atoms with Crippen LogP contribution in [0.15, 0.2) is 47.6 Å². The van der Waals surface area contributed by atoms with Gasteiger partial charge in [-0.2, -0.15) is 5.10 Å². The Morgan fingerprint density at radius 3 is 2.92 bits per heavy atom. The summed E-state index contributed by atoms with van der Waals surface area (Å²) in [5.41, 5.74) is 3.27. The van der Waals surface area contributed by atoms with Gasteiger partial charge >= 0.3 is 0 Å². The number of ether oxygens (including phenoxy) is 3. The van der Waals surface area contributed by atoms with Crippen molar-refractivity contribution in [2.24, 2.45) is 5.10 Å². The fourth-order valence-corrected chi connectivity index (χ4v) is 2.42. The van der Waals surface area contributed by atoms with Crippen molar-refractivity contribution in [2.75, 3.05) is 13.4 Å². The number of nitrogens with zero attached hydrogens (tertiary/aromatic N) is 1. The SMILES string of the molecule is O=C(COc1cc(Cl)ccc1Cl)NN=CC=Cc1ccc2c(c1)OCO2. The second-order valence-electron chi connectivity index (χ2n) is 5.15. The van der Waals surface area contributed by atoms with Crippen molar-refractivity contribution >= 4 is 41.4 Å². The second-order valence-corrected chi connectivity index (χ2v) is 5.99. The van der Waals surface area contributed by atoms with E-state index in [2.05, 4.69) is 10.5 Å². The van der Waals surface area contributed by atoms with Gasteiger partial charge < -0.3 is 14.2 Å². The highest BCUT2D eigenvalue weighted by Gasteiger charge is 2.12. The number of allylic oxidation sites excluding steroid dienone is 1. The minimum Gasteiger partial charge on any atom is -0.482 e. The summed E-state index contributed by atoms with van der Waals surface area (Å²) in [7, 11) is 0. The van der Waals surface area contributed by atoms with Crippen LogP contribution in [-0.4, -0.2) is 25.5 Å². The Morgan fingerprint density at radius 2 is 2.04 bits per heavy atom. The molecule has 0 atom stereocenters. The van der Waals surface area contributed by atoms with Gasteiger partial charge in [0.25, 0.3) is 5.91 Å². The van der Waals surface area contributed by atoms with Crippen LogP contribution < -0.4 is 19.6 Å². The highest BCUT2D eigenvalue weighted by Crippen LogP contribution is 2.32. The molecule has 6 nitrogen and oxygen atoms in total. The van der Waals surface area contributed by atoms with Gasteiger partial charge in [-0.25, -0.2) is 5.43 Å². The molecule has 0 unspecified atom stereocenters. The Bertz CT molecular complexity index is 868. The molecular formula is C18H14Cl2N2O4. The number of hydrogen-bond acceptors (Lipinski definition) is 5. The van der Waals surface area contributed by atoms with Crippen molar-refractivity contribution in [3.63, 3.8) is 0 Å². The smallest absolute Gasteiger partial charge is 0.277 e. The number of rotatable bonds is 6. The number of amides is 1. The molecule has 1 heterocycles. The maximum Gasteiger partial charge on any atom is 0.277 e. The van der Waals surface area contributed by atoms with Crippen LogP contribution in [0.4, 0.5) is 0 Å². The molecule has 1 aliphatic heterocycles. The minimum atomic E-state index is -0.422. The van der Waals surface area contributed by atoms with Crippen LogP contribution >= 0.6 is 23.2 Å². The van der Waals surface area contributed by atoms with E-state index in [1.54, 1.807) is 18.2 Å². The third kappa shape index (κ3) is 4.91. The fourth-order valence-electron chi connectivity index (χ4n) is 2.09. The second kappa shape index (κ2) is 8.60. The van der Waals surface area contributed by atoms with Crippen LogP contribution in [0.2, 0.25) is 10.0 Å². The van der Waals surface area contributed by atoms with E-state index >= 15 is 0 Å². The first-order chi connectivity index (χ1) is 12.6. The summed E-state index contributed by atoms with van der Waals surface area (Å²) < 4.78 is 15.8. The summed E-state index contributed by atoms with van der Waals surface area (Å²) in [6.07, 6.45) is 4.96. The molecule has 3 rings (SSSR count). The molecule has 0 bridgehead atoms. The molecule has 0 aromatic heterocycles. The van der Waals surface area contributed by atoms with Gasteiger partial charge in [0, 0.05) is 17.3 Å². The van der Waals surface area contributed by atoms with Gasteiger partial charge in [0.05, 0.1) is 5.02 Å². The zero-order valence-corrected chi connectivity index (χ0v) is 15.0. The predicted octanol–water partition coefficient (Wildman–Crippen LogP) is 3.92. The van der Waals surface area contributed by atoms with Gasteiger partial charge in [0.1, 0.15) is 5.75 Å². The average Bonchev–Trinajstić information content (AvgIpc) is 3.10. The molecule has 26 heavy (non-hydrogen) atoms. The topological polar surface area (TPSA) is 69.2 Å². The van der Waals surface area contributed by atoms with Crippen LogP contribution in [0.1, 0.15) is 5.56 Å². The molecule has 2 aromatic carbocycles. The third-order valence-electron chi connectivity index (χ3n) is 3.29. The quantitative estimate of drug-likeness (QED) is 0.597. The van der Waals surface area contributed by atoms with Crippen molar-refractivity contribution < 1.29 is 19.0 Å². The number of benzene rings is 2. The van der Waals surface area contributed by atoms with Crippen molar-refractivity contribution in [1.29, 1.82) is 0 Å². The zero-order valence-electron chi connectivity index (χ0n) is 13.4. The molecule has 1 amide bonds. The predicted molar refractivity (Wildman–Crippen MR) is 100 cm³/mol. The highest BCUT2D eigenvalue weighted by molar-refractivity contribution is 6.34. The fraction of sp³-hybridized carbons (Fsp3) is 0.111. The molecule has 0 saturated heterocycles. The molecule has 2 aromatic rings. The minimum absolute atomic E-state index is 0.233. The van der Waals surface area contributed by atoms with Gasteiger partial charge in [-0.3, -0.25) is 4.79 Å². The van der Waals surface area contributed by atoms with E-state index in [4.69, 9.17) is 37.4 Å². The molecule has 134 valence electrons. The maximum absolute atomic E-state index is 11.7. The van der Waals surface area contributed by atoms with Crippen LogP contribution in [-0.2, 0) is 4.79 Å². The standard InChI is InChI=1S/C18H14Cl2N2O4/c19-13-4-5-14(20)16(9-13)24-10-18(23)22-21-7-1-2-12-3-6-15-17(8-12)26-11-25-15/h1-9H,10-11H2,(H,22,23). The van der Waals surface area contributed by atoms with E-state index in [0.29, 0.717) is 21.5 Å². The number of nitrogens with one attached hydrogen (secondary N) is 1. The highest BCUT2D eigenvalue weighted by atomic mass is 35.5. The number of fused-ring (bicyclic) bond motifs is 1. The Labute approximate surface area is 160 Å². The first kappa shape index (κ1) is 18.1. The lowest BCUT2D eigenvalue weighted by Crippen LogP contribution is -2.24. The van der Waals surface area contributed by atoms with Crippen molar-refractivity contribution in [3.8, 4) is 17.2 Å². The van der Waals surface area contributed by atoms with E-state index in [1.807, 2.05) is 24.3 Å². The van der Waals surface area contributed by atoms with E-state index in [0.717, 1.165) is 11.3 Å². The van der Waals surface area contributed by atoms with Crippen molar-refractivity contribution in [2.45, 2.75) is 0 Å². The van der Waals surface area contributed by atoms with Crippen LogP contribution in [0.5, 0.6) is 17.2 Å². The summed E-state index contributed by atoms with van der Waals surface area (Å²) >= 11 is 11.8. The lowest BCUT2D eigenvalue weighted by Gasteiger charge is -2.06. The Balaban J connectivity index is 1.44. The number of hydrazone groups is 1. The van der Waals surface area contributed by atoms with Gasteiger partial charge in [-0.05, 0) is 35.9 Å². The molecule has 8 heteroatoms. The largest absolute Gasteiger partial charge is 0.482 e. The summed E-state index contributed by atoms with van der Waals surface area (Å²) in [4.78, 5) is 11.7. The summed E-state index contributed by atoms with van der Waals surface area (Å²) in [5.74, 6) is 1.34. The van der Waals surface area contributed by atoms with E-state index < -0.39 is 5.91 Å². The number of carbonyl (C=O) groups excluding carboxylic acids is 1. The zero-order chi connectivity index (χ0) is 18.4. The summed E-state index contributed by atoms with van der Waals surface area (Å²) in [6.45, 7) is 0.00172. The molecule has 0 aliphatic carbocycles. The van der Waals surface area contributed by atoms with Gasteiger partial charge in [0.2, 0.25) is 6.79 Å². The molecule has 0 spiro atoms. The Hall–Kier alpha value is -2.70. The van der Waals surface area contributed by atoms with E-state index in [9.17, 15) is 4.79 Å². The molecule has 0 radical (unpaired) electrons. The molecule has 0 saturated carbocycles. The van der Waals surface area contributed by atoms with E-state index in [-0.39, 0.29) is 13.4 Å². The van der Waals surface area contributed by atoms with Crippen molar-refractivity contribution in [3.05, 3.63) is 58.1 Å². The number of halogens is 2. The molecule has 1 aliphatic rings. The van der Waals surface area contributed by atoms with Gasteiger partial charge in [-0.1, -0.05) is 35.3 Å². The average molecular weight is 393 g/mol. The van der Waals surface area contributed by atoms with Crippen LogP contribution in [0.25, 0.3) is 6.08 Å². The van der Waals surface area contributed by atoms with Crippen molar-refractivity contribution in [1.82, 2.24) is 5.43 Å². The van der Waals surface area contributed by atoms with Crippen LogP contribution in [0.3, 0.4) is 0 Å². The number of carbonyl (C=O) groups is 1. The Morgan fingerprint density at radius 1 is 1.19 bits per heavy atom. The first-order valence-electron chi connectivity index (χ1n) is 7.58. The molecular weight excluding hydrogens is 379 g/mol.